The molecule has 0 N–H and O–H groups in total. The van der Waals surface area contributed by atoms with Crippen LogP contribution in [0.3, 0.4) is 0 Å². The summed E-state index contributed by atoms with van der Waals surface area (Å²) in [6.07, 6.45) is 0. The Kier molecular flexibility index (Phi) is 5.08. The highest BCUT2D eigenvalue weighted by Crippen LogP contribution is 2.31. The maximum absolute atomic E-state index is 13.5. The zero-order valence-corrected chi connectivity index (χ0v) is 18.5. The molecule has 4 aromatic rings. The van der Waals surface area contributed by atoms with Crippen molar-refractivity contribution in [3.63, 3.8) is 0 Å². The van der Waals surface area contributed by atoms with Gasteiger partial charge in [0.05, 0.1) is 23.1 Å². The van der Waals surface area contributed by atoms with Crippen molar-refractivity contribution in [2.45, 2.75) is 6.54 Å². The number of halogens is 2. The van der Waals surface area contributed by atoms with Gasteiger partial charge in [0.15, 0.2) is 11.5 Å². The van der Waals surface area contributed by atoms with Crippen molar-refractivity contribution < 1.29 is 9.47 Å². The SMILES string of the molecule is O=c1c2cc(Br)ccc2n(Cc2ccc3c(c2)OCCO3)c(=O)n1-c1ccc(Cl)cc1. The van der Waals surface area contributed by atoms with Gasteiger partial charge in [-0.25, -0.2) is 9.36 Å². The molecule has 0 fully saturated rings. The number of hydrogen-bond acceptors (Lipinski definition) is 4. The van der Waals surface area contributed by atoms with E-state index in [1.165, 1.54) is 4.57 Å². The van der Waals surface area contributed by atoms with Crippen LogP contribution in [0.25, 0.3) is 16.6 Å². The first kappa shape index (κ1) is 19.9. The second-order valence-electron chi connectivity index (χ2n) is 7.13. The van der Waals surface area contributed by atoms with E-state index in [1.54, 1.807) is 41.0 Å². The van der Waals surface area contributed by atoms with E-state index in [2.05, 4.69) is 15.9 Å². The molecule has 5 rings (SSSR count). The number of aromatic nitrogens is 2. The van der Waals surface area contributed by atoms with E-state index in [9.17, 15) is 9.59 Å². The lowest BCUT2D eigenvalue weighted by molar-refractivity contribution is 0.171. The first-order chi connectivity index (χ1) is 15.0. The lowest BCUT2D eigenvalue weighted by Crippen LogP contribution is -2.39. The second-order valence-corrected chi connectivity index (χ2v) is 8.48. The van der Waals surface area contributed by atoms with Gasteiger partial charge in [0.25, 0.3) is 5.56 Å². The number of rotatable bonds is 3. The normalized spacial score (nSPS) is 12.8. The summed E-state index contributed by atoms with van der Waals surface area (Å²) >= 11 is 9.42. The number of nitrogens with zero attached hydrogens (tertiary/aromatic N) is 2. The van der Waals surface area contributed by atoms with Crippen LogP contribution in [0.5, 0.6) is 11.5 Å². The molecule has 3 aromatic carbocycles. The average Bonchev–Trinajstić information content (AvgIpc) is 2.78. The van der Waals surface area contributed by atoms with Crippen molar-refractivity contribution in [2.24, 2.45) is 0 Å². The van der Waals surface area contributed by atoms with E-state index in [4.69, 9.17) is 21.1 Å². The van der Waals surface area contributed by atoms with Crippen molar-refractivity contribution >= 4 is 38.4 Å². The minimum absolute atomic E-state index is 0.265. The van der Waals surface area contributed by atoms with Gasteiger partial charge in [-0.3, -0.25) is 9.36 Å². The molecule has 1 aliphatic rings. The predicted molar refractivity (Wildman–Crippen MR) is 123 cm³/mol. The van der Waals surface area contributed by atoms with E-state index >= 15 is 0 Å². The van der Waals surface area contributed by atoms with Crippen LogP contribution >= 0.6 is 27.5 Å². The Morgan fingerprint density at radius 3 is 2.42 bits per heavy atom. The van der Waals surface area contributed by atoms with E-state index in [-0.39, 0.29) is 12.1 Å². The fourth-order valence-electron chi connectivity index (χ4n) is 3.69. The van der Waals surface area contributed by atoms with Crippen molar-refractivity contribution in [1.82, 2.24) is 9.13 Å². The summed E-state index contributed by atoms with van der Waals surface area (Å²) in [5, 5.41) is 0.957. The third-order valence-electron chi connectivity index (χ3n) is 5.14. The first-order valence-electron chi connectivity index (χ1n) is 9.61. The number of fused-ring (bicyclic) bond motifs is 2. The van der Waals surface area contributed by atoms with Gasteiger partial charge in [0.1, 0.15) is 13.2 Å². The van der Waals surface area contributed by atoms with E-state index < -0.39 is 5.69 Å². The maximum atomic E-state index is 13.5. The van der Waals surface area contributed by atoms with Crippen LogP contribution in [0.4, 0.5) is 0 Å². The largest absolute Gasteiger partial charge is 0.486 e. The van der Waals surface area contributed by atoms with Gasteiger partial charge in [-0.15, -0.1) is 0 Å². The van der Waals surface area contributed by atoms with Gasteiger partial charge in [-0.1, -0.05) is 33.6 Å². The summed E-state index contributed by atoms with van der Waals surface area (Å²) in [4.78, 5) is 26.7. The molecule has 0 saturated carbocycles. The zero-order valence-electron chi connectivity index (χ0n) is 16.2. The highest BCUT2D eigenvalue weighted by molar-refractivity contribution is 9.10. The summed E-state index contributed by atoms with van der Waals surface area (Å²) in [6.45, 7) is 1.26. The third kappa shape index (κ3) is 3.64. The molecule has 1 aromatic heterocycles. The molecule has 0 spiro atoms. The van der Waals surface area contributed by atoms with Crippen molar-refractivity contribution in [1.29, 1.82) is 0 Å². The molecular weight excluding hydrogens is 484 g/mol. The quantitative estimate of drug-likeness (QED) is 0.419. The molecule has 0 saturated heterocycles. The summed E-state index contributed by atoms with van der Waals surface area (Å²) < 4.78 is 14.8. The van der Waals surface area contributed by atoms with E-state index in [0.29, 0.717) is 46.3 Å². The Labute approximate surface area is 190 Å². The Morgan fingerprint density at radius 1 is 0.903 bits per heavy atom. The molecule has 1 aliphatic heterocycles. The van der Waals surface area contributed by atoms with Crippen molar-refractivity contribution in [3.05, 3.63) is 96.6 Å². The fourth-order valence-corrected chi connectivity index (χ4v) is 4.17. The molecule has 0 aliphatic carbocycles. The Morgan fingerprint density at radius 2 is 1.65 bits per heavy atom. The predicted octanol–water partition coefficient (Wildman–Crippen LogP) is 4.39. The lowest BCUT2D eigenvalue weighted by Gasteiger charge is -2.19. The molecular formula is C23H16BrClN2O4. The van der Waals surface area contributed by atoms with E-state index in [1.807, 2.05) is 24.3 Å². The first-order valence-corrected chi connectivity index (χ1v) is 10.8. The van der Waals surface area contributed by atoms with Crippen LogP contribution in [0.15, 0.2) is 74.7 Å². The Bertz CT molecular complexity index is 1430. The van der Waals surface area contributed by atoms with Gasteiger partial charge in [0.2, 0.25) is 0 Å². The van der Waals surface area contributed by atoms with Gasteiger partial charge in [-0.05, 0) is 60.2 Å². The molecule has 0 atom stereocenters. The minimum Gasteiger partial charge on any atom is -0.486 e. The molecule has 6 nitrogen and oxygen atoms in total. The number of benzene rings is 3. The molecule has 0 unspecified atom stereocenters. The maximum Gasteiger partial charge on any atom is 0.336 e. The van der Waals surface area contributed by atoms with Crippen molar-refractivity contribution in [2.75, 3.05) is 13.2 Å². The lowest BCUT2D eigenvalue weighted by atomic mass is 10.1. The van der Waals surface area contributed by atoms with Crippen LogP contribution in [-0.4, -0.2) is 22.3 Å². The third-order valence-corrected chi connectivity index (χ3v) is 5.88. The van der Waals surface area contributed by atoms with Crippen LogP contribution in [0.1, 0.15) is 5.56 Å². The summed E-state index contributed by atoms with van der Waals surface area (Å²) in [7, 11) is 0. The van der Waals surface area contributed by atoms with Gasteiger partial charge in [-0.2, -0.15) is 0 Å². The monoisotopic (exact) mass is 498 g/mol. The molecule has 2 heterocycles. The fraction of sp³-hybridized carbons (Fsp3) is 0.130. The van der Waals surface area contributed by atoms with Gasteiger partial charge >= 0.3 is 5.69 Å². The van der Waals surface area contributed by atoms with Gasteiger partial charge < -0.3 is 9.47 Å². The van der Waals surface area contributed by atoms with Crippen LogP contribution in [0.2, 0.25) is 5.02 Å². The molecule has 0 bridgehead atoms. The summed E-state index contributed by atoms with van der Waals surface area (Å²) in [5.74, 6) is 1.33. The number of hydrogen-bond donors (Lipinski definition) is 0. The molecule has 0 amide bonds. The molecule has 0 radical (unpaired) electrons. The van der Waals surface area contributed by atoms with Gasteiger partial charge in [0, 0.05) is 9.50 Å². The highest BCUT2D eigenvalue weighted by Gasteiger charge is 2.17. The molecule has 156 valence electrons. The topological polar surface area (TPSA) is 62.5 Å². The average molecular weight is 500 g/mol. The summed E-state index contributed by atoms with van der Waals surface area (Å²) in [6, 6.07) is 17.5. The molecule has 8 heteroatoms. The zero-order chi connectivity index (χ0) is 21.5. The second kappa shape index (κ2) is 7.90. The van der Waals surface area contributed by atoms with Crippen LogP contribution in [0, 0.1) is 0 Å². The standard InChI is InChI=1S/C23H16BrClN2O4/c24-15-2-7-19-18(12-15)22(28)27(17-5-3-16(25)4-6-17)23(29)26(19)13-14-1-8-20-21(11-14)31-10-9-30-20/h1-8,11-12H,9-10,13H2. The van der Waals surface area contributed by atoms with Crippen LogP contribution in [-0.2, 0) is 6.54 Å². The highest BCUT2D eigenvalue weighted by atomic mass is 79.9. The summed E-state index contributed by atoms with van der Waals surface area (Å²) in [5.41, 5.74) is 1.05. The minimum atomic E-state index is -0.433. The smallest absolute Gasteiger partial charge is 0.336 e. The Hall–Kier alpha value is -3.03. The number of ether oxygens (including phenoxy) is 2. The Balaban J connectivity index is 1.73. The van der Waals surface area contributed by atoms with E-state index in [0.717, 1.165) is 10.0 Å². The van der Waals surface area contributed by atoms with Crippen LogP contribution < -0.4 is 20.7 Å². The molecule has 31 heavy (non-hydrogen) atoms. The van der Waals surface area contributed by atoms with Crippen molar-refractivity contribution in [3.8, 4) is 17.2 Å².